The normalized spacial score (nSPS) is 11.1. The molecule has 1 aromatic carbocycles. The molecule has 0 saturated carbocycles. The summed E-state index contributed by atoms with van der Waals surface area (Å²) >= 11 is 0. The Labute approximate surface area is 196 Å². The fourth-order valence-electron chi connectivity index (χ4n) is 2.05. The average Bonchev–Trinajstić information content (AvgIpc) is 2.65. The predicted molar refractivity (Wildman–Crippen MR) is 128 cm³/mol. The number of carbonyl (C=O) groups is 2. The zero-order valence-corrected chi connectivity index (χ0v) is 20.9. The van der Waals surface area contributed by atoms with E-state index >= 15 is 0 Å². The fraction of sp³-hybridized carbons (Fsp3) is 0.550. The summed E-state index contributed by atoms with van der Waals surface area (Å²) < 4.78 is 10.3. The van der Waals surface area contributed by atoms with Crippen molar-refractivity contribution in [1.82, 2.24) is 20.9 Å². The van der Waals surface area contributed by atoms with Gasteiger partial charge in [-0.2, -0.15) is 0 Å². The summed E-state index contributed by atoms with van der Waals surface area (Å²) in [6, 6.07) is 7.58. The van der Waals surface area contributed by atoms with E-state index in [4.69, 9.17) is 9.47 Å². The van der Waals surface area contributed by atoms with Crippen molar-refractivity contribution in [1.29, 1.82) is 0 Å². The molecule has 9 nitrogen and oxygen atoms in total. The summed E-state index contributed by atoms with van der Waals surface area (Å²) in [6.45, 7) is 6.72. The SMILES string of the molecule is COc1ccc(CN=C(NCCNC(=O)OC(C)(C)C)NCC(=O)N(C)C)cc1.I. The van der Waals surface area contributed by atoms with Gasteiger partial charge in [0.25, 0.3) is 0 Å². The molecule has 0 radical (unpaired) electrons. The van der Waals surface area contributed by atoms with Crippen LogP contribution in [0.3, 0.4) is 0 Å². The number of hydrogen-bond donors (Lipinski definition) is 3. The number of likely N-dealkylation sites (N-methyl/N-ethyl adjacent to an activating group) is 1. The number of methoxy groups -OCH3 is 1. The van der Waals surface area contributed by atoms with Gasteiger partial charge in [-0.3, -0.25) is 4.79 Å². The van der Waals surface area contributed by atoms with E-state index in [0.717, 1.165) is 11.3 Å². The molecule has 0 bridgehead atoms. The van der Waals surface area contributed by atoms with E-state index in [1.807, 2.05) is 24.3 Å². The van der Waals surface area contributed by atoms with Crippen molar-refractivity contribution in [3.05, 3.63) is 29.8 Å². The monoisotopic (exact) mass is 535 g/mol. The highest BCUT2D eigenvalue weighted by Crippen LogP contribution is 2.11. The first-order chi connectivity index (χ1) is 13.6. The van der Waals surface area contributed by atoms with E-state index in [1.165, 1.54) is 4.90 Å². The van der Waals surface area contributed by atoms with Crippen molar-refractivity contribution in [2.24, 2.45) is 4.99 Å². The van der Waals surface area contributed by atoms with Crippen molar-refractivity contribution < 1.29 is 19.1 Å². The minimum absolute atomic E-state index is 0. The number of benzene rings is 1. The Kier molecular flexibility index (Phi) is 12.8. The quantitative estimate of drug-likeness (QED) is 0.204. The Bertz CT molecular complexity index is 687. The Morgan fingerprint density at radius 3 is 2.17 bits per heavy atom. The lowest BCUT2D eigenvalue weighted by molar-refractivity contribution is -0.127. The summed E-state index contributed by atoms with van der Waals surface area (Å²) in [6.07, 6.45) is -0.480. The van der Waals surface area contributed by atoms with Crippen molar-refractivity contribution >= 4 is 41.9 Å². The molecule has 0 aromatic heterocycles. The molecule has 0 saturated heterocycles. The van der Waals surface area contributed by atoms with Crippen LogP contribution in [0.1, 0.15) is 26.3 Å². The minimum atomic E-state index is -0.545. The number of alkyl carbamates (subject to hydrolysis) is 1. The van der Waals surface area contributed by atoms with Gasteiger partial charge in [-0.05, 0) is 38.5 Å². The highest BCUT2D eigenvalue weighted by atomic mass is 127. The summed E-state index contributed by atoms with van der Waals surface area (Å²) in [7, 11) is 5.00. The van der Waals surface area contributed by atoms with Crippen molar-refractivity contribution in [3.8, 4) is 5.75 Å². The van der Waals surface area contributed by atoms with E-state index in [9.17, 15) is 9.59 Å². The summed E-state index contributed by atoms with van der Waals surface area (Å²) in [4.78, 5) is 29.5. The molecule has 0 aliphatic heterocycles. The number of halogens is 1. The molecule has 170 valence electrons. The smallest absolute Gasteiger partial charge is 0.407 e. The van der Waals surface area contributed by atoms with Crippen molar-refractivity contribution in [2.75, 3.05) is 40.8 Å². The Hall–Kier alpha value is -2.24. The third-order valence-electron chi connectivity index (χ3n) is 3.57. The average molecular weight is 535 g/mol. The first kappa shape index (κ1) is 27.8. The van der Waals surface area contributed by atoms with Gasteiger partial charge in [0.1, 0.15) is 11.4 Å². The predicted octanol–water partition coefficient (Wildman–Crippen LogP) is 1.96. The van der Waals surface area contributed by atoms with Crippen LogP contribution in [-0.4, -0.2) is 69.3 Å². The van der Waals surface area contributed by atoms with E-state index < -0.39 is 11.7 Å². The zero-order valence-electron chi connectivity index (χ0n) is 18.6. The molecule has 0 spiro atoms. The van der Waals surface area contributed by atoms with Gasteiger partial charge in [-0.1, -0.05) is 12.1 Å². The van der Waals surface area contributed by atoms with E-state index in [-0.39, 0.29) is 36.4 Å². The first-order valence-electron chi connectivity index (χ1n) is 9.43. The number of guanidine groups is 1. The Morgan fingerprint density at radius 2 is 1.63 bits per heavy atom. The Balaban J connectivity index is 0.00000841. The second-order valence-electron chi connectivity index (χ2n) is 7.51. The highest BCUT2D eigenvalue weighted by Gasteiger charge is 2.15. The number of hydrogen-bond acceptors (Lipinski definition) is 5. The molecule has 30 heavy (non-hydrogen) atoms. The number of nitrogens with one attached hydrogen (secondary N) is 3. The van der Waals surface area contributed by atoms with Crippen LogP contribution in [0.5, 0.6) is 5.75 Å². The molecule has 0 fully saturated rings. The van der Waals surface area contributed by atoms with Crippen LogP contribution in [0.4, 0.5) is 4.79 Å². The molecule has 0 aliphatic carbocycles. The van der Waals surface area contributed by atoms with Gasteiger partial charge < -0.3 is 30.3 Å². The van der Waals surface area contributed by atoms with Gasteiger partial charge in [0.15, 0.2) is 5.96 Å². The lowest BCUT2D eigenvalue weighted by Gasteiger charge is -2.20. The lowest BCUT2D eigenvalue weighted by atomic mass is 10.2. The topological polar surface area (TPSA) is 104 Å². The van der Waals surface area contributed by atoms with Gasteiger partial charge in [-0.25, -0.2) is 9.79 Å². The van der Waals surface area contributed by atoms with E-state index in [0.29, 0.717) is 25.6 Å². The van der Waals surface area contributed by atoms with Crippen LogP contribution >= 0.6 is 24.0 Å². The minimum Gasteiger partial charge on any atom is -0.497 e. The standard InChI is InChI=1S/C20H33N5O4.HI/c1-20(2,3)29-19(27)22-12-11-21-18(24-14-17(26)25(4)5)23-13-15-7-9-16(28-6)10-8-15;/h7-10H,11-14H2,1-6H3,(H,22,27)(H2,21,23,24);1H. The maximum Gasteiger partial charge on any atom is 0.407 e. The molecule has 3 N–H and O–H groups in total. The van der Waals surface area contributed by atoms with E-state index in [2.05, 4.69) is 20.9 Å². The van der Waals surface area contributed by atoms with Crippen LogP contribution in [0, 0.1) is 0 Å². The molecule has 1 rings (SSSR count). The van der Waals surface area contributed by atoms with Gasteiger partial charge in [0, 0.05) is 27.2 Å². The number of amides is 2. The van der Waals surface area contributed by atoms with E-state index in [1.54, 1.807) is 42.0 Å². The first-order valence-corrected chi connectivity index (χ1v) is 9.43. The maximum absolute atomic E-state index is 11.8. The molecule has 2 amide bonds. The second-order valence-corrected chi connectivity index (χ2v) is 7.51. The largest absolute Gasteiger partial charge is 0.497 e. The summed E-state index contributed by atoms with van der Waals surface area (Å²) in [5, 5.41) is 8.77. The number of nitrogens with zero attached hydrogens (tertiary/aromatic N) is 2. The molecular formula is C20H34IN5O4. The molecule has 0 unspecified atom stereocenters. The third-order valence-corrected chi connectivity index (χ3v) is 3.57. The van der Waals surface area contributed by atoms with Crippen LogP contribution in [0.15, 0.2) is 29.3 Å². The lowest BCUT2D eigenvalue weighted by Crippen LogP contribution is -2.45. The number of rotatable bonds is 8. The molecule has 10 heteroatoms. The summed E-state index contributed by atoms with van der Waals surface area (Å²) in [5.41, 5.74) is 0.453. The van der Waals surface area contributed by atoms with Gasteiger partial charge in [-0.15, -0.1) is 24.0 Å². The van der Waals surface area contributed by atoms with Crippen LogP contribution in [0.2, 0.25) is 0 Å². The molecule has 0 aliphatic rings. The maximum atomic E-state index is 11.8. The molecule has 1 aromatic rings. The molecular weight excluding hydrogens is 501 g/mol. The number of carbonyl (C=O) groups excluding carboxylic acids is 2. The fourth-order valence-corrected chi connectivity index (χ4v) is 2.05. The van der Waals surface area contributed by atoms with Crippen LogP contribution < -0.4 is 20.7 Å². The Morgan fingerprint density at radius 1 is 1.03 bits per heavy atom. The van der Waals surface area contributed by atoms with Gasteiger partial charge in [0.05, 0.1) is 20.2 Å². The molecule has 0 atom stereocenters. The van der Waals surface area contributed by atoms with Crippen molar-refractivity contribution in [2.45, 2.75) is 32.9 Å². The van der Waals surface area contributed by atoms with Crippen molar-refractivity contribution in [3.63, 3.8) is 0 Å². The van der Waals surface area contributed by atoms with Crippen LogP contribution in [-0.2, 0) is 16.1 Å². The van der Waals surface area contributed by atoms with Gasteiger partial charge >= 0.3 is 6.09 Å². The highest BCUT2D eigenvalue weighted by molar-refractivity contribution is 14.0. The zero-order chi connectivity index (χ0) is 21.9. The second kappa shape index (κ2) is 13.9. The third kappa shape index (κ3) is 12.3. The molecule has 0 heterocycles. The summed E-state index contributed by atoms with van der Waals surface area (Å²) in [5.74, 6) is 1.18. The number of ether oxygens (including phenoxy) is 2. The van der Waals surface area contributed by atoms with Crippen LogP contribution in [0.25, 0.3) is 0 Å². The van der Waals surface area contributed by atoms with Gasteiger partial charge in [0.2, 0.25) is 5.91 Å². The number of aliphatic imine (C=N–C) groups is 1.